The highest BCUT2D eigenvalue weighted by atomic mass is 35.5. The number of amides is 2. The summed E-state index contributed by atoms with van der Waals surface area (Å²) in [6.45, 7) is 3.50. The maximum Gasteiger partial charge on any atom is 0.263 e. The average molecular weight is 516 g/mol. The van der Waals surface area contributed by atoms with Crippen LogP contribution in [0.15, 0.2) is 42.5 Å². The van der Waals surface area contributed by atoms with E-state index in [-0.39, 0.29) is 17.9 Å². The van der Waals surface area contributed by atoms with E-state index in [1.165, 1.54) is 0 Å². The summed E-state index contributed by atoms with van der Waals surface area (Å²) in [5.74, 6) is 0.279. The molecule has 2 amide bonds. The molecule has 2 unspecified atom stereocenters. The summed E-state index contributed by atoms with van der Waals surface area (Å²) in [4.78, 5) is 27.9. The van der Waals surface area contributed by atoms with Crippen LogP contribution in [0.5, 0.6) is 5.75 Å². The number of ether oxygens (including phenoxy) is 1. The first-order valence-electron chi connectivity index (χ1n) is 12.3. The monoisotopic (exact) mass is 515 g/mol. The molecule has 2 aromatic carbocycles. The van der Waals surface area contributed by atoms with Crippen LogP contribution in [0, 0.1) is 0 Å². The third-order valence-corrected chi connectivity index (χ3v) is 7.74. The van der Waals surface area contributed by atoms with Crippen molar-refractivity contribution < 1.29 is 14.3 Å². The zero-order chi connectivity index (χ0) is 24.7. The summed E-state index contributed by atoms with van der Waals surface area (Å²) < 4.78 is 5.96. The van der Waals surface area contributed by atoms with Gasteiger partial charge in [0.1, 0.15) is 5.75 Å². The molecule has 2 saturated heterocycles. The smallest absolute Gasteiger partial charge is 0.263 e. The predicted octanol–water partition coefficient (Wildman–Crippen LogP) is 5.36. The van der Waals surface area contributed by atoms with Gasteiger partial charge in [-0.1, -0.05) is 23.2 Å². The summed E-state index contributed by atoms with van der Waals surface area (Å²) >= 11 is 12.2. The van der Waals surface area contributed by atoms with Crippen LogP contribution in [0.4, 0.5) is 5.69 Å². The van der Waals surface area contributed by atoms with E-state index in [4.69, 9.17) is 27.9 Å². The Kier molecular flexibility index (Phi) is 6.62. The minimum atomic E-state index is -1.08. The van der Waals surface area contributed by atoms with E-state index < -0.39 is 5.60 Å². The molecule has 2 aromatic rings. The van der Waals surface area contributed by atoms with Gasteiger partial charge >= 0.3 is 0 Å². The molecule has 8 heteroatoms. The fraction of sp³-hybridized carbons (Fsp3) is 0.481. The third-order valence-electron chi connectivity index (χ3n) is 7.21. The lowest BCUT2D eigenvalue weighted by Gasteiger charge is -2.41. The van der Waals surface area contributed by atoms with Crippen LogP contribution in [0.2, 0.25) is 10.0 Å². The van der Waals surface area contributed by atoms with Crippen molar-refractivity contribution in [3.63, 3.8) is 0 Å². The first-order valence-corrected chi connectivity index (χ1v) is 13.1. The molecule has 1 saturated carbocycles. The lowest BCUT2D eigenvalue weighted by Crippen LogP contribution is -2.55. The van der Waals surface area contributed by atoms with E-state index in [0.717, 1.165) is 44.2 Å². The average Bonchev–Trinajstić information content (AvgIpc) is 3.58. The number of piperidine rings is 1. The van der Waals surface area contributed by atoms with Gasteiger partial charge in [0.05, 0.1) is 5.02 Å². The van der Waals surface area contributed by atoms with Crippen molar-refractivity contribution in [2.45, 2.75) is 82.1 Å². The Morgan fingerprint density at radius 3 is 2.17 bits per heavy atom. The number of halogens is 2. The summed E-state index contributed by atoms with van der Waals surface area (Å²) in [7, 11) is 0. The molecule has 2 bridgehead atoms. The number of rotatable bonds is 7. The molecule has 1 aliphatic carbocycles. The molecule has 6 nitrogen and oxygen atoms in total. The van der Waals surface area contributed by atoms with Crippen molar-refractivity contribution >= 4 is 40.7 Å². The van der Waals surface area contributed by atoms with E-state index >= 15 is 0 Å². The number of nitrogens with zero attached hydrogens (tertiary/aromatic N) is 1. The van der Waals surface area contributed by atoms with Crippen LogP contribution in [0.25, 0.3) is 0 Å². The standard InChI is InChI=1S/C27H31Cl2N3O3/c1-27(2,35-24-12-5-17(28)13-23(24)29)26(34)31-19-14-21-10-11-22(15-19)32(21)20-8-3-16(4-9-20)25(33)30-18-6-7-18/h3-5,8-9,12-13,18-19,21-22H,6-7,10-11,14-15H2,1-2H3,(H,30,33)(H,31,34). The topological polar surface area (TPSA) is 70.7 Å². The number of fused-ring (bicyclic) bond motifs is 2. The number of benzene rings is 2. The minimum absolute atomic E-state index is 0.00756. The fourth-order valence-electron chi connectivity index (χ4n) is 5.24. The first kappa shape index (κ1) is 24.3. The molecule has 2 atom stereocenters. The van der Waals surface area contributed by atoms with E-state index in [9.17, 15) is 9.59 Å². The highest BCUT2D eigenvalue weighted by Crippen LogP contribution is 2.40. The van der Waals surface area contributed by atoms with E-state index in [1.807, 2.05) is 12.1 Å². The van der Waals surface area contributed by atoms with Gasteiger partial charge in [-0.05, 0) is 94.8 Å². The van der Waals surface area contributed by atoms with Crippen molar-refractivity contribution in [2.24, 2.45) is 0 Å². The Morgan fingerprint density at radius 2 is 1.57 bits per heavy atom. The lowest BCUT2D eigenvalue weighted by atomic mass is 9.95. The minimum Gasteiger partial charge on any atom is -0.476 e. The van der Waals surface area contributed by atoms with Gasteiger partial charge in [-0.2, -0.15) is 0 Å². The molecule has 0 aromatic heterocycles. The molecular formula is C27H31Cl2N3O3. The second-order valence-corrected chi connectivity index (χ2v) is 11.3. The van der Waals surface area contributed by atoms with Crippen LogP contribution in [0.1, 0.15) is 62.7 Å². The molecule has 35 heavy (non-hydrogen) atoms. The molecule has 3 aliphatic rings. The summed E-state index contributed by atoms with van der Waals surface area (Å²) in [5.41, 5.74) is 0.773. The Hall–Kier alpha value is -2.44. The van der Waals surface area contributed by atoms with Gasteiger partial charge in [-0.25, -0.2) is 0 Å². The van der Waals surface area contributed by atoms with Gasteiger partial charge in [0.25, 0.3) is 11.8 Å². The van der Waals surface area contributed by atoms with Crippen molar-refractivity contribution in [1.82, 2.24) is 10.6 Å². The maximum atomic E-state index is 13.1. The Labute approximate surface area is 216 Å². The fourth-order valence-corrected chi connectivity index (χ4v) is 5.68. The number of carbonyl (C=O) groups is 2. The Morgan fingerprint density at radius 1 is 0.914 bits per heavy atom. The highest BCUT2D eigenvalue weighted by molar-refractivity contribution is 6.35. The number of anilines is 1. The molecule has 2 aliphatic heterocycles. The van der Waals surface area contributed by atoms with Crippen LogP contribution < -0.4 is 20.3 Å². The quantitative estimate of drug-likeness (QED) is 0.520. The van der Waals surface area contributed by atoms with Gasteiger partial charge in [-0.3, -0.25) is 9.59 Å². The van der Waals surface area contributed by atoms with Gasteiger partial charge in [-0.15, -0.1) is 0 Å². The molecule has 0 radical (unpaired) electrons. The summed E-state index contributed by atoms with van der Waals surface area (Å²) in [6.07, 6.45) is 6.12. The number of hydrogen-bond acceptors (Lipinski definition) is 4. The Bertz CT molecular complexity index is 1100. The van der Waals surface area contributed by atoms with Gasteiger partial charge < -0.3 is 20.3 Å². The van der Waals surface area contributed by atoms with Crippen LogP contribution >= 0.6 is 23.2 Å². The number of hydrogen-bond donors (Lipinski definition) is 2. The van der Waals surface area contributed by atoms with Gasteiger partial charge in [0, 0.05) is 40.4 Å². The normalized spacial score (nSPS) is 23.7. The third kappa shape index (κ3) is 5.39. The largest absolute Gasteiger partial charge is 0.476 e. The number of carbonyl (C=O) groups excluding carboxylic acids is 2. The highest BCUT2D eigenvalue weighted by Gasteiger charge is 2.42. The molecular weight excluding hydrogens is 485 g/mol. The summed E-state index contributed by atoms with van der Waals surface area (Å²) in [6, 6.07) is 14.1. The van der Waals surface area contributed by atoms with Crippen molar-refractivity contribution in [1.29, 1.82) is 0 Å². The van der Waals surface area contributed by atoms with E-state index in [0.29, 0.717) is 39.5 Å². The van der Waals surface area contributed by atoms with E-state index in [2.05, 4.69) is 27.7 Å². The second kappa shape index (κ2) is 9.55. The molecule has 2 N–H and O–H groups in total. The van der Waals surface area contributed by atoms with Crippen molar-refractivity contribution in [3.8, 4) is 5.75 Å². The molecule has 186 valence electrons. The van der Waals surface area contributed by atoms with Crippen molar-refractivity contribution in [3.05, 3.63) is 58.1 Å². The maximum absolute atomic E-state index is 13.1. The lowest BCUT2D eigenvalue weighted by molar-refractivity contribution is -0.135. The van der Waals surface area contributed by atoms with Crippen molar-refractivity contribution in [2.75, 3.05) is 4.90 Å². The molecule has 2 heterocycles. The molecule has 5 rings (SSSR count). The Balaban J connectivity index is 1.20. The van der Waals surface area contributed by atoms with E-state index in [1.54, 1.807) is 32.0 Å². The van der Waals surface area contributed by atoms with Crippen LogP contribution in [0.3, 0.4) is 0 Å². The van der Waals surface area contributed by atoms with Crippen LogP contribution in [-0.2, 0) is 4.79 Å². The zero-order valence-corrected chi connectivity index (χ0v) is 21.5. The second-order valence-electron chi connectivity index (χ2n) is 10.4. The predicted molar refractivity (Wildman–Crippen MR) is 139 cm³/mol. The van der Waals surface area contributed by atoms with Gasteiger partial charge in [0.15, 0.2) is 5.60 Å². The molecule has 3 fully saturated rings. The zero-order valence-electron chi connectivity index (χ0n) is 20.0. The van der Waals surface area contributed by atoms with Crippen LogP contribution in [-0.4, -0.2) is 41.6 Å². The first-order chi connectivity index (χ1) is 16.7. The number of nitrogens with one attached hydrogen (secondary N) is 2. The summed E-state index contributed by atoms with van der Waals surface area (Å²) in [5, 5.41) is 7.15. The SMILES string of the molecule is CC(C)(Oc1ccc(Cl)cc1Cl)C(=O)NC1CC2CCC(C1)N2c1ccc(C(=O)NC2CC2)cc1. The molecule has 0 spiro atoms. The van der Waals surface area contributed by atoms with Gasteiger partial charge in [0.2, 0.25) is 0 Å².